The summed E-state index contributed by atoms with van der Waals surface area (Å²) in [5, 5.41) is 12.9. The van der Waals surface area contributed by atoms with Crippen molar-refractivity contribution in [1.82, 2.24) is 19.5 Å². The van der Waals surface area contributed by atoms with E-state index in [1.807, 2.05) is 6.20 Å². The maximum absolute atomic E-state index is 12.7. The normalized spacial score (nSPS) is 14.0. The lowest BCUT2D eigenvalue weighted by molar-refractivity contribution is -0.178. The molecule has 262 valence electrons. The molecule has 2 N–H and O–H groups in total. The highest BCUT2D eigenvalue weighted by Gasteiger charge is 2.39. The van der Waals surface area contributed by atoms with Crippen molar-refractivity contribution in [2.24, 2.45) is 12.0 Å². The number of aromatic nitrogens is 2. The Morgan fingerprint density at radius 3 is 2.04 bits per heavy atom. The number of hydrogen-bond acceptors (Lipinski definition) is 9. The topological polar surface area (TPSA) is 180 Å². The predicted octanol–water partition coefficient (Wildman–Crippen LogP) is 4.30. The standard InChI is InChI=1S/C34H41N5O10/c1-33(2,3)47-31(44)35-17-10-18-38-19-25(37(7)30(38)36-32(45)48-34(4,5)6)21-13-15-22(16-14-21)46-20-26(29(42)43)49-39-27(40)23-11-8-9-12-24(23)28(39)41/h8-9,11-16,19,26H,10,17-18,20H2,1-7H3,(H,35,44)(H,42,43)/b36-30+/t26-/m0/s1. The summed E-state index contributed by atoms with van der Waals surface area (Å²) in [6.45, 7) is 10.8. The third-order valence-corrected chi connectivity index (χ3v) is 6.84. The van der Waals surface area contributed by atoms with Gasteiger partial charge in [0.25, 0.3) is 11.8 Å². The van der Waals surface area contributed by atoms with Crippen LogP contribution in [0.3, 0.4) is 0 Å². The zero-order chi connectivity index (χ0) is 36.1. The Labute approximate surface area is 283 Å². The highest BCUT2D eigenvalue weighted by atomic mass is 16.7. The van der Waals surface area contributed by atoms with E-state index in [1.165, 1.54) is 12.1 Å². The van der Waals surface area contributed by atoms with Crippen LogP contribution in [0, 0.1) is 0 Å². The molecule has 2 heterocycles. The van der Waals surface area contributed by atoms with E-state index in [0.29, 0.717) is 41.6 Å². The first kappa shape index (κ1) is 36.4. The molecule has 0 radical (unpaired) electrons. The monoisotopic (exact) mass is 679 g/mol. The molecule has 0 bridgehead atoms. The van der Waals surface area contributed by atoms with Crippen LogP contribution in [-0.2, 0) is 32.7 Å². The summed E-state index contributed by atoms with van der Waals surface area (Å²) in [4.78, 5) is 71.4. The fraction of sp³-hybridized carbons (Fsp3) is 0.412. The smallest absolute Gasteiger partial charge is 0.437 e. The molecule has 15 heteroatoms. The predicted molar refractivity (Wildman–Crippen MR) is 174 cm³/mol. The van der Waals surface area contributed by atoms with E-state index in [-0.39, 0.29) is 11.1 Å². The molecule has 0 spiro atoms. The quantitative estimate of drug-likeness (QED) is 0.219. The lowest BCUT2D eigenvalue weighted by Crippen LogP contribution is -2.41. The minimum Gasteiger partial charge on any atom is -0.490 e. The van der Waals surface area contributed by atoms with Crippen LogP contribution in [0.2, 0.25) is 0 Å². The number of rotatable bonds is 11. The molecule has 0 saturated heterocycles. The van der Waals surface area contributed by atoms with Gasteiger partial charge in [-0.25, -0.2) is 19.2 Å². The Hall–Kier alpha value is -5.44. The second-order valence-corrected chi connectivity index (χ2v) is 13.2. The van der Waals surface area contributed by atoms with Gasteiger partial charge >= 0.3 is 18.2 Å². The number of amides is 4. The number of nitrogens with one attached hydrogen (secondary N) is 1. The average molecular weight is 680 g/mol. The fourth-order valence-electron chi connectivity index (χ4n) is 4.72. The molecule has 4 rings (SSSR count). The zero-order valence-electron chi connectivity index (χ0n) is 28.5. The highest BCUT2D eigenvalue weighted by Crippen LogP contribution is 2.25. The molecule has 1 aromatic heterocycles. The van der Waals surface area contributed by atoms with Crippen LogP contribution in [0.15, 0.2) is 59.7 Å². The van der Waals surface area contributed by atoms with Crippen molar-refractivity contribution in [2.45, 2.75) is 71.8 Å². The average Bonchev–Trinajstić information content (AvgIpc) is 3.43. The summed E-state index contributed by atoms with van der Waals surface area (Å²) < 4.78 is 19.8. The Kier molecular flexibility index (Phi) is 11.0. The molecule has 4 amide bonds. The second kappa shape index (κ2) is 14.8. The number of ether oxygens (including phenoxy) is 3. The van der Waals surface area contributed by atoms with E-state index in [4.69, 9.17) is 19.0 Å². The molecule has 0 saturated carbocycles. The molecule has 0 fully saturated rings. The van der Waals surface area contributed by atoms with Crippen molar-refractivity contribution in [3.05, 3.63) is 71.5 Å². The van der Waals surface area contributed by atoms with Crippen LogP contribution in [0.25, 0.3) is 11.3 Å². The number of hydrogen-bond donors (Lipinski definition) is 2. The summed E-state index contributed by atoms with van der Waals surface area (Å²) in [6.07, 6.45) is -0.637. The summed E-state index contributed by atoms with van der Waals surface area (Å²) in [5.74, 6) is -2.64. The number of carbonyl (C=O) groups is 5. The first-order valence-electron chi connectivity index (χ1n) is 15.5. The Bertz CT molecular complexity index is 1760. The van der Waals surface area contributed by atoms with Gasteiger partial charge in [-0.15, -0.1) is 10.1 Å². The maximum atomic E-state index is 12.7. The first-order chi connectivity index (χ1) is 22.9. The molecule has 0 unspecified atom stereocenters. The van der Waals surface area contributed by atoms with Crippen LogP contribution >= 0.6 is 0 Å². The molecule has 15 nitrogen and oxygen atoms in total. The van der Waals surface area contributed by atoms with Gasteiger partial charge in [0.2, 0.25) is 11.7 Å². The van der Waals surface area contributed by atoms with Gasteiger partial charge in [-0.2, -0.15) is 0 Å². The number of carboxylic acid groups (broad SMARTS) is 1. The fourth-order valence-corrected chi connectivity index (χ4v) is 4.72. The van der Waals surface area contributed by atoms with Gasteiger partial charge < -0.3 is 33.8 Å². The van der Waals surface area contributed by atoms with E-state index in [0.717, 1.165) is 5.56 Å². The minimum atomic E-state index is -1.66. The van der Waals surface area contributed by atoms with Crippen LogP contribution < -0.4 is 15.7 Å². The Morgan fingerprint density at radius 2 is 1.49 bits per heavy atom. The van der Waals surface area contributed by atoms with Crippen LogP contribution in [0.5, 0.6) is 5.75 Å². The third-order valence-electron chi connectivity index (χ3n) is 6.84. The molecule has 3 aromatic rings. The van der Waals surface area contributed by atoms with E-state index in [2.05, 4.69) is 10.3 Å². The van der Waals surface area contributed by atoms with E-state index in [9.17, 15) is 29.1 Å². The van der Waals surface area contributed by atoms with Gasteiger partial charge in [-0.3, -0.25) is 9.59 Å². The number of hydroxylamine groups is 2. The van der Waals surface area contributed by atoms with Crippen molar-refractivity contribution < 1.29 is 48.1 Å². The van der Waals surface area contributed by atoms with E-state index < -0.39 is 53.9 Å². The highest BCUT2D eigenvalue weighted by molar-refractivity contribution is 6.20. The number of nitrogens with zero attached hydrogens (tertiary/aromatic N) is 4. The lowest BCUT2D eigenvalue weighted by atomic mass is 10.1. The summed E-state index contributed by atoms with van der Waals surface area (Å²) in [7, 11) is 1.74. The summed E-state index contributed by atoms with van der Waals surface area (Å²) in [6, 6.07) is 12.8. The molecule has 1 aliphatic rings. The Balaban J connectivity index is 1.47. The largest absolute Gasteiger partial charge is 0.490 e. The molecular weight excluding hydrogens is 638 g/mol. The van der Waals surface area contributed by atoms with Crippen molar-refractivity contribution in [1.29, 1.82) is 0 Å². The van der Waals surface area contributed by atoms with Gasteiger partial charge in [-0.1, -0.05) is 12.1 Å². The van der Waals surface area contributed by atoms with Gasteiger partial charge in [0.1, 0.15) is 23.6 Å². The minimum absolute atomic E-state index is 0.120. The number of aryl methyl sites for hydroxylation is 1. The van der Waals surface area contributed by atoms with E-state index >= 15 is 0 Å². The number of aliphatic carboxylic acids is 1. The number of imidazole rings is 1. The van der Waals surface area contributed by atoms with Crippen LogP contribution in [-0.4, -0.2) is 79.7 Å². The van der Waals surface area contributed by atoms with Crippen molar-refractivity contribution in [2.75, 3.05) is 13.2 Å². The van der Waals surface area contributed by atoms with E-state index in [1.54, 1.807) is 94.1 Å². The van der Waals surface area contributed by atoms with Crippen LogP contribution in [0.1, 0.15) is 68.7 Å². The lowest BCUT2D eigenvalue weighted by Gasteiger charge is -2.19. The second-order valence-electron chi connectivity index (χ2n) is 13.2. The SMILES string of the molecule is Cn1c(-c2ccc(OC[C@H](ON3C(=O)c4ccccc4C3=O)C(=O)O)cc2)cn(CCCNC(=O)OC(C)(C)C)/c1=N/C(=O)OC(C)(C)C. The molecule has 0 aliphatic carbocycles. The molecule has 1 aliphatic heterocycles. The maximum Gasteiger partial charge on any atom is 0.437 e. The van der Waals surface area contributed by atoms with Gasteiger partial charge in [-0.05, 0) is 89.9 Å². The molecule has 2 aromatic carbocycles. The molecule has 49 heavy (non-hydrogen) atoms. The Morgan fingerprint density at radius 1 is 0.898 bits per heavy atom. The summed E-state index contributed by atoms with van der Waals surface area (Å²) in [5.41, 5.74) is 0.591. The first-order valence-corrected chi connectivity index (χ1v) is 15.5. The number of alkyl carbamates (subject to hydrolysis) is 1. The molecule has 1 atom stereocenters. The number of carboxylic acids is 1. The molecular formula is C34H41N5O10. The zero-order valence-corrected chi connectivity index (χ0v) is 28.5. The van der Waals surface area contributed by atoms with Gasteiger partial charge in [0.05, 0.1) is 16.8 Å². The number of fused-ring (bicyclic) bond motifs is 1. The number of imide groups is 1. The van der Waals surface area contributed by atoms with Crippen molar-refractivity contribution in [3.63, 3.8) is 0 Å². The number of benzene rings is 2. The van der Waals surface area contributed by atoms with Gasteiger partial charge in [0.15, 0.2) is 0 Å². The summed E-state index contributed by atoms with van der Waals surface area (Å²) >= 11 is 0. The van der Waals surface area contributed by atoms with Gasteiger partial charge in [0, 0.05) is 26.3 Å². The van der Waals surface area contributed by atoms with Crippen molar-refractivity contribution in [3.8, 4) is 17.0 Å². The number of carbonyl (C=O) groups excluding carboxylic acids is 4. The van der Waals surface area contributed by atoms with Crippen LogP contribution in [0.4, 0.5) is 9.59 Å². The third kappa shape index (κ3) is 9.56. The van der Waals surface area contributed by atoms with Crippen molar-refractivity contribution >= 4 is 30.0 Å².